The number of rotatable bonds is 7. The normalized spacial score (nSPS) is 23.2. The summed E-state index contributed by atoms with van der Waals surface area (Å²) in [6.07, 6.45) is 10.2. The van der Waals surface area contributed by atoms with Crippen LogP contribution in [0.2, 0.25) is 0 Å². The lowest BCUT2D eigenvalue weighted by molar-refractivity contribution is 0.169. The Hall–Kier alpha value is -2.58. The summed E-state index contributed by atoms with van der Waals surface area (Å²) in [4.78, 5) is 12.5. The van der Waals surface area contributed by atoms with E-state index in [-0.39, 0.29) is 11.2 Å². The van der Waals surface area contributed by atoms with E-state index in [4.69, 9.17) is 9.15 Å². The van der Waals surface area contributed by atoms with E-state index in [2.05, 4.69) is 12.1 Å². The number of nitrogens with zero attached hydrogens (tertiary/aromatic N) is 2. The van der Waals surface area contributed by atoms with Crippen LogP contribution < -0.4 is 10.2 Å². The smallest absolute Gasteiger partial charge is 0.227 e. The van der Waals surface area contributed by atoms with Gasteiger partial charge >= 0.3 is 0 Å². The highest BCUT2D eigenvalue weighted by Crippen LogP contribution is 2.31. The molecular formula is C25H30N2O5S. The molecule has 0 atom stereocenters. The van der Waals surface area contributed by atoms with Crippen molar-refractivity contribution in [3.05, 3.63) is 65.0 Å². The number of fused-ring (bicyclic) bond motifs is 1. The average molecular weight is 471 g/mol. The highest BCUT2D eigenvalue weighted by atomic mass is 32.2. The van der Waals surface area contributed by atoms with Gasteiger partial charge in [0.1, 0.15) is 12.0 Å². The maximum absolute atomic E-state index is 12.5. The molecule has 176 valence electrons. The number of benzene rings is 1. The first-order valence-corrected chi connectivity index (χ1v) is 13.3. The van der Waals surface area contributed by atoms with Gasteiger partial charge in [-0.2, -0.15) is 0 Å². The van der Waals surface area contributed by atoms with Crippen molar-refractivity contribution >= 4 is 20.8 Å². The van der Waals surface area contributed by atoms with Gasteiger partial charge in [0.2, 0.25) is 21.2 Å². The maximum atomic E-state index is 12.5. The summed E-state index contributed by atoms with van der Waals surface area (Å²) in [6.45, 7) is 2.29. The molecule has 0 N–H and O–H groups in total. The molecule has 1 saturated carbocycles. The average Bonchev–Trinajstić information content (AvgIpc) is 3.36. The molecule has 0 radical (unpaired) electrons. The lowest BCUT2D eigenvalue weighted by atomic mass is 9.82. The van der Waals surface area contributed by atoms with E-state index in [0.29, 0.717) is 49.6 Å². The van der Waals surface area contributed by atoms with Crippen LogP contribution in [0.3, 0.4) is 0 Å². The zero-order valence-electron chi connectivity index (χ0n) is 18.7. The zero-order chi connectivity index (χ0) is 22.8. The fourth-order valence-corrected chi connectivity index (χ4v) is 6.61. The summed E-state index contributed by atoms with van der Waals surface area (Å²) in [6, 6.07) is 9.63. The van der Waals surface area contributed by atoms with Gasteiger partial charge in [-0.3, -0.25) is 4.79 Å². The number of hydrogen-bond acceptors (Lipinski definition) is 5. The maximum Gasteiger partial charge on any atom is 0.227 e. The van der Waals surface area contributed by atoms with Gasteiger partial charge in [0.15, 0.2) is 0 Å². The van der Waals surface area contributed by atoms with Crippen LogP contribution in [0.1, 0.15) is 37.9 Å². The van der Waals surface area contributed by atoms with Crippen molar-refractivity contribution in [3.8, 4) is 5.75 Å². The highest BCUT2D eigenvalue weighted by molar-refractivity contribution is 7.89. The Morgan fingerprint density at radius 1 is 1.03 bits per heavy atom. The van der Waals surface area contributed by atoms with Crippen molar-refractivity contribution in [1.82, 2.24) is 8.87 Å². The highest BCUT2D eigenvalue weighted by Gasteiger charge is 2.32. The molecule has 33 heavy (non-hydrogen) atoms. The van der Waals surface area contributed by atoms with Gasteiger partial charge in [-0.25, -0.2) is 12.7 Å². The molecule has 1 aromatic carbocycles. The number of hydrogen-bond donors (Lipinski definition) is 0. The van der Waals surface area contributed by atoms with Crippen LogP contribution in [0.15, 0.2) is 58.2 Å². The van der Waals surface area contributed by atoms with Crippen LogP contribution in [0.25, 0.3) is 10.8 Å². The number of aromatic nitrogens is 1. The minimum atomic E-state index is -3.02. The Morgan fingerprint density at radius 3 is 2.36 bits per heavy atom. The molecule has 1 aliphatic carbocycles. The number of sulfonamides is 1. The Morgan fingerprint density at radius 2 is 1.73 bits per heavy atom. The van der Waals surface area contributed by atoms with Crippen LogP contribution >= 0.6 is 0 Å². The van der Waals surface area contributed by atoms with Crippen LogP contribution in [-0.4, -0.2) is 42.7 Å². The van der Waals surface area contributed by atoms with Gasteiger partial charge in [-0.1, -0.05) is 24.3 Å². The molecule has 8 heteroatoms. The summed E-state index contributed by atoms with van der Waals surface area (Å²) in [5.74, 6) is 1.93. The van der Waals surface area contributed by atoms with Crippen LogP contribution in [0, 0.1) is 11.8 Å². The molecule has 2 aliphatic rings. The zero-order valence-corrected chi connectivity index (χ0v) is 19.5. The summed E-state index contributed by atoms with van der Waals surface area (Å²) in [5, 5.41) is 2.30. The van der Waals surface area contributed by atoms with E-state index in [9.17, 15) is 13.2 Å². The van der Waals surface area contributed by atoms with Crippen molar-refractivity contribution in [3.63, 3.8) is 0 Å². The van der Waals surface area contributed by atoms with E-state index in [1.807, 2.05) is 29.1 Å². The van der Waals surface area contributed by atoms with E-state index in [1.54, 1.807) is 4.31 Å². The third-order valence-corrected chi connectivity index (χ3v) is 8.83. The molecule has 3 heterocycles. The first-order valence-electron chi connectivity index (χ1n) is 11.7. The molecule has 0 unspecified atom stereocenters. The minimum absolute atomic E-state index is 0.166. The molecule has 2 aromatic heterocycles. The first kappa shape index (κ1) is 22.2. The van der Waals surface area contributed by atoms with Gasteiger partial charge in [-0.05, 0) is 54.7 Å². The second kappa shape index (κ2) is 9.35. The summed E-state index contributed by atoms with van der Waals surface area (Å²) >= 11 is 0. The summed E-state index contributed by atoms with van der Waals surface area (Å²) in [5.41, 5.74) is -0.166. The van der Waals surface area contributed by atoms with Crippen molar-refractivity contribution in [1.29, 1.82) is 0 Å². The number of ether oxygens (including phenoxy) is 1. The van der Waals surface area contributed by atoms with E-state index in [0.717, 1.165) is 42.9 Å². The fraction of sp³-hybridized carbons (Fsp3) is 0.480. The third-order valence-electron chi connectivity index (χ3n) is 6.90. The Bertz CT molecular complexity index is 1240. The monoisotopic (exact) mass is 470 g/mol. The van der Waals surface area contributed by atoms with Crippen molar-refractivity contribution < 1.29 is 17.6 Å². The lowest BCUT2D eigenvalue weighted by Gasteiger charge is -2.30. The Balaban J connectivity index is 1.11. The fourth-order valence-electron chi connectivity index (χ4n) is 5.01. The summed E-state index contributed by atoms with van der Waals surface area (Å²) in [7, 11) is -3.02. The van der Waals surface area contributed by atoms with E-state index in [1.165, 1.54) is 12.3 Å². The van der Waals surface area contributed by atoms with Gasteiger partial charge < -0.3 is 13.7 Å². The molecule has 0 spiro atoms. The van der Waals surface area contributed by atoms with Crippen LogP contribution in [-0.2, 0) is 16.6 Å². The topological polar surface area (TPSA) is 81.8 Å². The molecule has 0 amide bonds. The van der Waals surface area contributed by atoms with E-state index < -0.39 is 10.0 Å². The SMILES string of the molecule is O=c1cc(Cn2cc3ccccc3c2)occ1OCC1CCC(CN2CCCS2(=O)=O)CC1. The van der Waals surface area contributed by atoms with Gasteiger partial charge in [0.25, 0.3) is 0 Å². The van der Waals surface area contributed by atoms with Crippen LogP contribution in [0.5, 0.6) is 5.75 Å². The van der Waals surface area contributed by atoms with Crippen molar-refractivity contribution in [2.24, 2.45) is 11.8 Å². The molecule has 7 nitrogen and oxygen atoms in total. The second-order valence-electron chi connectivity index (χ2n) is 9.36. The molecular weight excluding hydrogens is 440 g/mol. The Kier molecular flexibility index (Phi) is 6.29. The predicted molar refractivity (Wildman–Crippen MR) is 127 cm³/mol. The second-order valence-corrected chi connectivity index (χ2v) is 11.4. The largest absolute Gasteiger partial charge is 0.486 e. The molecule has 0 bridgehead atoms. The predicted octanol–water partition coefficient (Wildman–Crippen LogP) is 3.86. The van der Waals surface area contributed by atoms with Crippen molar-refractivity contribution in [2.45, 2.75) is 38.6 Å². The van der Waals surface area contributed by atoms with Gasteiger partial charge in [-0.15, -0.1) is 0 Å². The third kappa shape index (κ3) is 5.17. The molecule has 1 aliphatic heterocycles. The quantitative estimate of drug-likeness (QED) is 0.524. The van der Waals surface area contributed by atoms with Crippen molar-refractivity contribution in [2.75, 3.05) is 25.4 Å². The minimum Gasteiger partial charge on any atom is -0.486 e. The molecule has 5 rings (SSSR count). The lowest BCUT2D eigenvalue weighted by Crippen LogP contribution is -2.33. The molecule has 1 saturated heterocycles. The van der Waals surface area contributed by atoms with Gasteiger partial charge in [0.05, 0.1) is 18.9 Å². The van der Waals surface area contributed by atoms with E-state index >= 15 is 0 Å². The standard InChI is InChI=1S/C25H30N2O5S/c28-24-12-23(16-26-14-21-4-1-2-5-22(21)15-26)31-18-25(24)32-17-20-8-6-19(7-9-20)13-27-10-3-11-33(27,29)30/h1-2,4-5,12,14-15,18-20H,3,6-11,13,16-17H2. The van der Waals surface area contributed by atoms with Gasteiger partial charge in [0, 0.05) is 31.5 Å². The molecule has 3 aromatic rings. The first-order chi connectivity index (χ1) is 16.0. The Labute approximate surface area is 194 Å². The summed E-state index contributed by atoms with van der Waals surface area (Å²) < 4.78 is 39.2. The molecule has 2 fully saturated rings. The van der Waals surface area contributed by atoms with Crippen LogP contribution in [0.4, 0.5) is 0 Å².